The van der Waals surface area contributed by atoms with Gasteiger partial charge in [-0.15, -0.1) is 3.89 Å². The van der Waals surface area contributed by atoms with Gasteiger partial charge in [-0.3, -0.25) is 24.4 Å². The van der Waals surface area contributed by atoms with Crippen LogP contribution in [0.25, 0.3) is 11.6 Å². The van der Waals surface area contributed by atoms with E-state index in [1.165, 1.54) is 34.7 Å². The molecule has 2 aromatic carbocycles. The molecule has 4 aliphatic rings. The first-order valence-electron chi connectivity index (χ1n) is 25.5. The number of pyridine rings is 1. The van der Waals surface area contributed by atoms with Crippen LogP contribution in [0.3, 0.4) is 0 Å². The minimum atomic E-state index is -3.16. The lowest BCUT2D eigenvalue weighted by molar-refractivity contribution is -0.119. The number of halogens is 4. The number of methoxy groups -OCH3 is 1. The van der Waals surface area contributed by atoms with Gasteiger partial charge in [0.05, 0.1) is 18.2 Å². The number of benzene rings is 2. The summed E-state index contributed by atoms with van der Waals surface area (Å²) >= 11 is 0.0578. The van der Waals surface area contributed by atoms with Crippen molar-refractivity contribution >= 4 is 53.6 Å². The maximum Gasteiger partial charge on any atom is 0.267 e. The lowest BCUT2D eigenvalue weighted by Crippen LogP contribution is -2.50. The second-order valence-electron chi connectivity index (χ2n) is 19.3. The zero-order valence-corrected chi connectivity index (χ0v) is 43.9. The van der Waals surface area contributed by atoms with E-state index in [-0.39, 0.29) is 67.3 Å². The molecule has 4 aliphatic heterocycles. The Morgan fingerprint density at radius 3 is 2.36 bits per heavy atom. The van der Waals surface area contributed by atoms with Gasteiger partial charge in [0.1, 0.15) is 30.6 Å². The molecular formula is C56H72F4N8O4S. The number of aryl methyl sites for hydroxylation is 1. The number of anilines is 1. The van der Waals surface area contributed by atoms with Crippen LogP contribution in [0.15, 0.2) is 95.9 Å². The van der Waals surface area contributed by atoms with E-state index in [1.54, 1.807) is 17.3 Å². The van der Waals surface area contributed by atoms with Gasteiger partial charge in [-0.1, -0.05) is 56.4 Å². The number of rotatable bonds is 18. The lowest BCUT2D eigenvalue weighted by atomic mass is 9.85. The highest BCUT2D eigenvalue weighted by Crippen LogP contribution is 2.42. The molecule has 3 saturated heterocycles. The number of carbonyl (C=O) groups is 3. The van der Waals surface area contributed by atoms with E-state index in [0.29, 0.717) is 68.3 Å². The Labute approximate surface area is 433 Å². The van der Waals surface area contributed by atoms with Crippen LogP contribution in [0, 0.1) is 18.7 Å². The number of amides is 2. The topological polar surface area (TPSA) is 137 Å². The van der Waals surface area contributed by atoms with E-state index in [1.807, 2.05) is 56.0 Å². The Morgan fingerprint density at radius 2 is 1.73 bits per heavy atom. The van der Waals surface area contributed by atoms with Gasteiger partial charge in [0.2, 0.25) is 5.91 Å². The zero-order chi connectivity index (χ0) is 52.8. The predicted octanol–water partition coefficient (Wildman–Crippen LogP) is 10.8. The highest BCUT2D eigenvalue weighted by atomic mass is 32.2. The van der Waals surface area contributed by atoms with Crippen molar-refractivity contribution < 1.29 is 36.2 Å². The molecule has 0 radical (unpaired) electrons. The summed E-state index contributed by atoms with van der Waals surface area (Å²) in [6.45, 7) is 17.8. The molecular weight excluding hydrogens is 957 g/mol. The number of allylic oxidation sites excluding steroid dienone is 3. The van der Waals surface area contributed by atoms with Crippen LogP contribution in [0.4, 0.5) is 22.7 Å². The molecule has 3 atom stereocenters. The number of nitrogens with one attached hydrogen (secondary N) is 1. The fraction of sp³-hybridized carbons (Fsp3) is 0.482. The SMILES string of the molecule is C=C1/C=C\C(c2ccnc(C)c2/C=C(\C)C(C)N2CCC(c3ccc(C(=O)N4CCC(CN5CCC(c6ccc(NC(CCC=O)C(N)=O)cc6F)C(F)(F)C5)CC4)cc3)CC2)=C/N(SF)C(COC)=N1.CC. The Kier molecular flexibility index (Phi) is 20.6. The second kappa shape index (κ2) is 26.5. The third-order valence-corrected chi connectivity index (χ3v) is 15.0. The molecule has 5 heterocycles. The largest absolute Gasteiger partial charge is 0.377 e. The maximum absolute atomic E-state index is 15.7. The van der Waals surface area contributed by atoms with Gasteiger partial charge in [0, 0.05) is 74.1 Å². The quantitative estimate of drug-likeness (QED) is 0.0720. The lowest BCUT2D eigenvalue weighted by Gasteiger charge is -2.41. The summed E-state index contributed by atoms with van der Waals surface area (Å²) < 4.78 is 67.5. The van der Waals surface area contributed by atoms with Crippen molar-refractivity contribution in [3.63, 3.8) is 0 Å². The molecule has 1 aromatic heterocycles. The minimum Gasteiger partial charge on any atom is -0.377 e. The number of ether oxygens (including phenoxy) is 1. The van der Waals surface area contributed by atoms with Crippen molar-refractivity contribution in [2.24, 2.45) is 16.6 Å². The molecule has 0 saturated carbocycles. The molecule has 12 nitrogen and oxygen atoms in total. The number of nitrogens with two attached hydrogens (primary N) is 1. The molecule has 394 valence electrons. The zero-order valence-electron chi connectivity index (χ0n) is 43.1. The van der Waals surface area contributed by atoms with Gasteiger partial charge in [-0.05, 0) is 149 Å². The number of piperidine rings is 3. The van der Waals surface area contributed by atoms with E-state index in [4.69, 9.17) is 10.5 Å². The van der Waals surface area contributed by atoms with E-state index >= 15 is 13.2 Å². The fourth-order valence-corrected chi connectivity index (χ4v) is 10.7. The van der Waals surface area contributed by atoms with Crippen molar-refractivity contribution in [1.29, 1.82) is 0 Å². The second-order valence-corrected chi connectivity index (χ2v) is 19.8. The van der Waals surface area contributed by atoms with Crippen LogP contribution >= 0.6 is 12.3 Å². The molecule has 7 rings (SSSR count). The summed E-state index contributed by atoms with van der Waals surface area (Å²) in [5.74, 6) is -5.04. The third-order valence-electron chi connectivity index (χ3n) is 14.6. The molecule has 3 fully saturated rings. The standard InChI is InChI=1S/C54H66F4N8O4S.C2H6/c1-35(29-47-37(3)60-22-16-45(47)43-9-8-36(2)61-51(33-70-5)66(32-43)71-58)38(4)64-26-19-41(20-27-64)40-10-12-42(13-11-40)53(69)65-24-17-39(18-25-65)31-63-23-21-48(54(56,57)34-63)46-15-14-44(30-49(46)55)62-50(52(59)68)7-6-28-67;1-2/h8-16,22,28-30,32,38-39,41,48,50,62H,2,6-7,17-21,23-27,31,33-34H2,1,3-5H3,(H2,59,68);1-2H3/b9-8-,35-29+,43-32+,61-51?;. The third kappa shape index (κ3) is 14.6. The van der Waals surface area contributed by atoms with Gasteiger partial charge in [0.25, 0.3) is 11.8 Å². The number of alkyl halides is 2. The van der Waals surface area contributed by atoms with Crippen LogP contribution in [0.1, 0.15) is 123 Å². The van der Waals surface area contributed by atoms with Crippen molar-refractivity contribution in [2.75, 3.05) is 64.8 Å². The smallest absolute Gasteiger partial charge is 0.267 e. The van der Waals surface area contributed by atoms with Crippen LogP contribution in [-0.2, 0) is 14.3 Å². The van der Waals surface area contributed by atoms with Gasteiger partial charge in [0.15, 0.2) is 12.3 Å². The minimum absolute atomic E-state index is 0.0229. The van der Waals surface area contributed by atoms with Crippen molar-refractivity contribution in [1.82, 2.24) is 24.0 Å². The molecule has 3 aromatic rings. The fourth-order valence-electron chi connectivity index (χ4n) is 10.3. The Bertz CT molecular complexity index is 2520. The van der Waals surface area contributed by atoms with Crippen molar-refractivity contribution in [2.45, 2.75) is 109 Å². The first kappa shape index (κ1) is 56.7. The van der Waals surface area contributed by atoms with Gasteiger partial charge >= 0.3 is 0 Å². The Hall–Kier alpha value is -5.62. The molecule has 0 aliphatic carbocycles. The molecule has 0 bridgehead atoms. The highest BCUT2D eigenvalue weighted by Gasteiger charge is 2.46. The number of hydrogen-bond acceptors (Lipinski definition) is 11. The van der Waals surface area contributed by atoms with E-state index in [2.05, 4.69) is 58.8 Å². The number of aromatic nitrogens is 1. The molecule has 3 N–H and O–H groups in total. The molecule has 73 heavy (non-hydrogen) atoms. The number of primary amides is 1. The van der Waals surface area contributed by atoms with Gasteiger partial charge in [-0.25, -0.2) is 22.5 Å². The highest BCUT2D eigenvalue weighted by molar-refractivity contribution is 7.92. The normalized spacial score (nSPS) is 21.4. The number of likely N-dealkylation sites (tertiary alicyclic amines) is 3. The number of nitrogens with zero attached hydrogens (tertiary/aromatic N) is 6. The van der Waals surface area contributed by atoms with Crippen molar-refractivity contribution in [3.8, 4) is 0 Å². The Morgan fingerprint density at radius 1 is 1.01 bits per heavy atom. The van der Waals surface area contributed by atoms with E-state index in [0.717, 1.165) is 54.4 Å². The average molecular weight is 1030 g/mol. The number of amidine groups is 1. The monoisotopic (exact) mass is 1030 g/mol. The summed E-state index contributed by atoms with van der Waals surface area (Å²) in [7, 11) is 1.54. The first-order valence-corrected chi connectivity index (χ1v) is 26.2. The summed E-state index contributed by atoms with van der Waals surface area (Å²) in [5.41, 5.74) is 12.6. The predicted molar refractivity (Wildman–Crippen MR) is 285 cm³/mol. The van der Waals surface area contributed by atoms with Crippen LogP contribution in [0.5, 0.6) is 0 Å². The van der Waals surface area contributed by atoms with Crippen LogP contribution in [-0.4, -0.2) is 125 Å². The first-order chi connectivity index (χ1) is 35.1. The van der Waals surface area contributed by atoms with Crippen molar-refractivity contribution in [3.05, 3.63) is 130 Å². The number of aldehydes is 1. The van der Waals surface area contributed by atoms with Crippen LogP contribution in [0.2, 0.25) is 0 Å². The molecule has 0 spiro atoms. The Balaban J connectivity index is 0.00000429. The van der Waals surface area contributed by atoms with E-state index < -0.39 is 36.2 Å². The average Bonchev–Trinajstić information content (AvgIpc) is 3.38. The molecule has 3 unspecified atom stereocenters. The van der Waals surface area contributed by atoms with Gasteiger partial charge in [-0.2, -0.15) is 0 Å². The molecule has 17 heteroatoms. The van der Waals surface area contributed by atoms with E-state index in [9.17, 15) is 18.3 Å². The summed E-state index contributed by atoms with van der Waals surface area (Å²) in [5, 5.41) is 2.81. The summed E-state index contributed by atoms with van der Waals surface area (Å²) in [4.78, 5) is 51.4. The summed E-state index contributed by atoms with van der Waals surface area (Å²) in [6.07, 6.45) is 13.7. The number of carbonyl (C=O) groups excluding carboxylic acids is 3. The maximum atomic E-state index is 15.7. The number of hydrogen-bond donors (Lipinski definition) is 2. The van der Waals surface area contributed by atoms with Gasteiger partial charge < -0.3 is 25.5 Å². The molecule has 2 amide bonds. The summed E-state index contributed by atoms with van der Waals surface area (Å²) in [6, 6.07) is 13.1. The van der Waals surface area contributed by atoms with Crippen LogP contribution < -0.4 is 11.1 Å². The number of aliphatic imine (C=N–C) groups is 1.